The van der Waals surface area contributed by atoms with Crippen LogP contribution in [0, 0.1) is 11.8 Å². The Kier molecular flexibility index (Phi) is 3.82. The van der Waals surface area contributed by atoms with Gasteiger partial charge in [0.2, 0.25) is 0 Å². The molecule has 1 saturated heterocycles. The predicted octanol–water partition coefficient (Wildman–Crippen LogP) is 1.85. The molecule has 1 aliphatic carbocycles. The smallest absolute Gasteiger partial charge is 0.000977 e. The van der Waals surface area contributed by atoms with E-state index in [2.05, 4.69) is 4.90 Å². The number of hydrogen-bond acceptors (Lipinski definition) is 2. The number of hydrogen-bond donors (Lipinski definition) is 1. The van der Waals surface area contributed by atoms with Gasteiger partial charge in [0.1, 0.15) is 0 Å². The lowest BCUT2D eigenvalue weighted by molar-refractivity contribution is 0.199. The SMILES string of the molecule is NC[C@H]1CCC[C@H](CN2CCCC2)C1. The molecule has 0 unspecified atom stereocenters. The summed E-state index contributed by atoms with van der Waals surface area (Å²) in [5, 5.41) is 0. The zero-order valence-corrected chi connectivity index (χ0v) is 9.25. The molecule has 0 bridgehead atoms. The molecule has 0 spiro atoms. The summed E-state index contributed by atoms with van der Waals surface area (Å²) in [4.78, 5) is 2.66. The largest absolute Gasteiger partial charge is 0.330 e. The van der Waals surface area contributed by atoms with Gasteiger partial charge in [-0.05, 0) is 63.6 Å². The van der Waals surface area contributed by atoms with Gasteiger partial charge in [-0.1, -0.05) is 6.42 Å². The van der Waals surface area contributed by atoms with E-state index in [4.69, 9.17) is 5.73 Å². The Bertz CT molecular complexity index is 164. The molecular weight excluding hydrogens is 172 g/mol. The van der Waals surface area contributed by atoms with Crippen molar-refractivity contribution in [3.05, 3.63) is 0 Å². The van der Waals surface area contributed by atoms with Crippen LogP contribution in [0.15, 0.2) is 0 Å². The van der Waals surface area contributed by atoms with Crippen LogP contribution in [0.5, 0.6) is 0 Å². The molecule has 0 radical (unpaired) electrons. The van der Waals surface area contributed by atoms with E-state index in [0.29, 0.717) is 0 Å². The third-order valence-corrected chi connectivity index (χ3v) is 3.94. The van der Waals surface area contributed by atoms with Crippen molar-refractivity contribution in [2.45, 2.75) is 38.5 Å². The number of rotatable bonds is 3. The van der Waals surface area contributed by atoms with E-state index in [0.717, 1.165) is 18.4 Å². The Morgan fingerprint density at radius 2 is 1.71 bits per heavy atom. The van der Waals surface area contributed by atoms with Gasteiger partial charge in [0.05, 0.1) is 0 Å². The van der Waals surface area contributed by atoms with E-state index < -0.39 is 0 Å². The molecule has 2 fully saturated rings. The Labute approximate surface area is 87.8 Å². The normalized spacial score (nSPS) is 34.9. The highest BCUT2D eigenvalue weighted by molar-refractivity contribution is 4.77. The molecule has 0 aromatic carbocycles. The molecule has 0 amide bonds. The molecule has 1 aliphatic heterocycles. The van der Waals surface area contributed by atoms with E-state index in [9.17, 15) is 0 Å². The lowest BCUT2D eigenvalue weighted by Crippen LogP contribution is -2.31. The average molecular weight is 196 g/mol. The lowest BCUT2D eigenvalue weighted by atomic mass is 9.81. The molecule has 0 aromatic rings. The second-order valence-corrected chi connectivity index (χ2v) is 5.14. The Morgan fingerprint density at radius 3 is 2.43 bits per heavy atom. The van der Waals surface area contributed by atoms with Crippen molar-refractivity contribution in [2.75, 3.05) is 26.2 Å². The van der Waals surface area contributed by atoms with Crippen LogP contribution in [0.1, 0.15) is 38.5 Å². The summed E-state index contributed by atoms with van der Waals surface area (Å²) in [6.07, 6.45) is 8.49. The highest BCUT2D eigenvalue weighted by atomic mass is 15.1. The van der Waals surface area contributed by atoms with Crippen LogP contribution >= 0.6 is 0 Å². The molecule has 1 saturated carbocycles. The van der Waals surface area contributed by atoms with Gasteiger partial charge in [-0.3, -0.25) is 0 Å². The molecule has 82 valence electrons. The van der Waals surface area contributed by atoms with Crippen LogP contribution in [0.25, 0.3) is 0 Å². The maximum Gasteiger partial charge on any atom is 0.000977 e. The molecular formula is C12H24N2. The average Bonchev–Trinajstić information content (AvgIpc) is 2.71. The first-order valence-electron chi connectivity index (χ1n) is 6.31. The fourth-order valence-corrected chi connectivity index (χ4v) is 3.11. The molecule has 2 N–H and O–H groups in total. The minimum Gasteiger partial charge on any atom is -0.330 e. The van der Waals surface area contributed by atoms with E-state index in [-0.39, 0.29) is 0 Å². The predicted molar refractivity (Wildman–Crippen MR) is 60.2 cm³/mol. The summed E-state index contributed by atoms with van der Waals surface area (Å²) in [5.41, 5.74) is 5.76. The van der Waals surface area contributed by atoms with Crippen molar-refractivity contribution in [2.24, 2.45) is 17.6 Å². The van der Waals surface area contributed by atoms with Gasteiger partial charge in [-0.2, -0.15) is 0 Å². The number of nitrogens with two attached hydrogens (primary N) is 1. The molecule has 2 rings (SSSR count). The quantitative estimate of drug-likeness (QED) is 0.746. The molecule has 2 nitrogen and oxygen atoms in total. The van der Waals surface area contributed by atoms with Crippen molar-refractivity contribution in [1.29, 1.82) is 0 Å². The summed E-state index contributed by atoms with van der Waals surface area (Å²) in [5.74, 6) is 1.78. The fourth-order valence-electron chi connectivity index (χ4n) is 3.11. The third kappa shape index (κ3) is 2.71. The second kappa shape index (κ2) is 5.13. The van der Waals surface area contributed by atoms with Gasteiger partial charge in [0.25, 0.3) is 0 Å². The van der Waals surface area contributed by atoms with Crippen LogP contribution in [0.2, 0.25) is 0 Å². The van der Waals surface area contributed by atoms with Crippen LogP contribution in [0.4, 0.5) is 0 Å². The van der Waals surface area contributed by atoms with Crippen molar-refractivity contribution in [3.8, 4) is 0 Å². The highest BCUT2D eigenvalue weighted by Crippen LogP contribution is 2.29. The lowest BCUT2D eigenvalue weighted by Gasteiger charge is -2.31. The maximum atomic E-state index is 5.76. The number of likely N-dealkylation sites (tertiary alicyclic amines) is 1. The maximum absolute atomic E-state index is 5.76. The monoisotopic (exact) mass is 196 g/mol. The highest BCUT2D eigenvalue weighted by Gasteiger charge is 2.23. The summed E-state index contributed by atoms with van der Waals surface area (Å²) < 4.78 is 0. The standard InChI is InChI=1S/C12H24N2/c13-9-11-4-3-5-12(8-11)10-14-6-1-2-7-14/h11-12H,1-10,13H2/t11-,12-/m0/s1. The van der Waals surface area contributed by atoms with Crippen LogP contribution in [-0.2, 0) is 0 Å². The number of nitrogens with zero attached hydrogens (tertiary/aromatic N) is 1. The second-order valence-electron chi connectivity index (χ2n) is 5.14. The van der Waals surface area contributed by atoms with Crippen molar-refractivity contribution in [3.63, 3.8) is 0 Å². The van der Waals surface area contributed by atoms with Crippen LogP contribution in [-0.4, -0.2) is 31.1 Å². The van der Waals surface area contributed by atoms with Gasteiger partial charge in [-0.25, -0.2) is 0 Å². The van der Waals surface area contributed by atoms with Gasteiger partial charge in [-0.15, -0.1) is 0 Å². The first-order valence-corrected chi connectivity index (χ1v) is 6.31. The summed E-state index contributed by atoms with van der Waals surface area (Å²) in [7, 11) is 0. The molecule has 14 heavy (non-hydrogen) atoms. The Morgan fingerprint density at radius 1 is 1.00 bits per heavy atom. The molecule has 2 aliphatic rings. The first-order chi connectivity index (χ1) is 6.88. The van der Waals surface area contributed by atoms with Gasteiger partial charge >= 0.3 is 0 Å². The van der Waals surface area contributed by atoms with E-state index >= 15 is 0 Å². The van der Waals surface area contributed by atoms with Crippen LogP contribution < -0.4 is 5.73 Å². The van der Waals surface area contributed by atoms with Gasteiger partial charge < -0.3 is 10.6 Å². The fraction of sp³-hybridized carbons (Fsp3) is 1.00. The van der Waals surface area contributed by atoms with Gasteiger partial charge in [0, 0.05) is 6.54 Å². The summed E-state index contributed by atoms with van der Waals surface area (Å²) >= 11 is 0. The summed E-state index contributed by atoms with van der Waals surface area (Å²) in [6, 6.07) is 0. The zero-order valence-electron chi connectivity index (χ0n) is 9.25. The zero-order chi connectivity index (χ0) is 9.80. The van der Waals surface area contributed by atoms with Crippen LogP contribution in [0.3, 0.4) is 0 Å². The topological polar surface area (TPSA) is 29.3 Å². The minimum atomic E-state index is 0.830. The van der Waals surface area contributed by atoms with E-state index in [1.54, 1.807) is 0 Å². The molecule has 2 atom stereocenters. The minimum absolute atomic E-state index is 0.830. The first kappa shape index (κ1) is 10.4. The molecule has 0 aromatic heterocycles. The molecule has 2 heteroatoms. The molecule has 1 heterocycles. The van der Waals surface area contributed by atoms with Crippen molar-refractivity contribution in [1.82, 2.24) is 4.90 Å². The van der Waals surface area contributed by atoms with E-state index in [1.807, 2.05) is 0 Å². The van der Waals surface area contributed by atoms with Crippen molar-refractivity contribution < 1.29 is 0 Å². The third-order valence-electron chi connectivity index (χ3n) is 3.94. The Balaban J connectivity index is 1.73. The van der Waals surface area contributed by atoms with Gasteiger partial charge in [0.15, 0.2) is 0 Å². The Hall–Kier alpha value is -0.0800. The van der Waals surface area contributed by atoms with E-state index in [1.165, 1.54) is 58.2 Å². The summed E-state index contributed by atoms with van der Waals surface area (Å²) in [6.45, 7) is 4.97. The van der Waals surface area contributed by atoms with Crippen molar-refractivity contribution >= 4 is 0 Å².